The fourth-order valence-corrected chi connectivity index (χ4v) is 3.97. The monoisotopic (exact) mass is 234 g/mol. The molecular formula is C13H18N2S. The second-order valence-corrected chi connectivity index (χ2v) is 6.05. The van der Waals surface area contributed by atoms with Gasteiger partial charge >= 0.3 is 0 Å². The van der Waals surface area contributed by atoms with E-state index < -0.39 is 0 Å². The van der Waals surface area contributed by atoms with Gasteiger partial charge in [0.15, 0.2) is 0 Å². The Morgan fingerprint density at radius 2 is 1.94 bits per heavy atom. The highest BCUT2D eigenvalue weighted by Gasteiger charge is 2.33. The second kappa shape index (κ2) is 4.10. The SMILES string of the molecule is Cc1c(C2(C)CCCCC2)sc(C#N)c1N. The second-order valence-electron chi connectivity index (χ2n) is 5.03. The van der Waals surface area contributed by atoms with E-state index in [4.69, 9.17) is 11.0 Å². The Morgan fingerprint density at radius 3 is 2.44 bits per heavy atom. The van der Waals surface area contributed by atoms with Gasteiger partial charge in [0.1, 0.15) is 10.9 Å². The molecule has 0 radical (unpaired) electrons. The van der Waals surface area contributed by atoms with E-state index in [1.54, 1.807) is 11.3 Å². The van der Waals surface area contributed by atoms with Crippen molar-refractivity contribution in [1.29, 1.82) is 5.26 Å². The maximum atomic E-state index is 9.02. The molecule has 0 bridgehead atoms. The van der Waals surface area contributed by atoms with E-state index in [1.165, 1.54) is 37.0 Å². The Hall–Kier alpha value is -1.01. The van der Waals surface area contributed by atoms with Crippen molar-refractivity contribution in [2.45, 2.75) is 51.4 Å². The normalized spacial score (nSPS) is 19.3. The summed E-state index contributed by atoms with van der Waals surface area (Å²) in [5.74, 6) is 0. The minimum atomic E-state index is 0.260. The average molecular weight is 234 g/mol. The molecule has 1 aromatic heterocycles. The van der Waals surface area contributed by atoms with E-state index in [0.717, 1.165) is 5.56 Å². The Kier molecular flexibility index (Phi) is 2.94. The van der Waals surface area contributed by atoms with Crippen molar-refractivity contribution < 1.29 is 0 Å². The fraction of sp³-hybridized carbons (Fsp3) is 0.615. The molecule has 1 saturated carbocycles. The number of thiophene rings is 1. The summed E-state index contributed by atoms with van der Waals surface area (Å²) in [5.41, 5.74) is 8.07. The summed E-state index contributed by atoms with van der Waals surface area (Å²) in [6.07, 6.45) is 6.42. The van der Waals surface area contributed by atoms with Crippen LogP contribution in [0.4, 0.5) is 5.69 Å². The molecular weight excluding hydrogens is 216 g/mol. The van der Waals surface area contributed by atoms with Crippen LogP contribution in [0, 0.1) is 18.3 Å². The summed E-state index contributed by atoms with van der Waals surface area (Å²) >= 11 is 1.61. The zero-order valence-electron chi connectivity index (χ0n) is 9.97. The van der Waals surface area contributed by atoms with Crippen LogP contribution in [0.1, 0.15) is 54.3 Å². The Morgan fingerprint density at radius 1 is 1.31 bits per heavy atom. The van der Waals surface area contributed by atoms with E-state index in [9.17, 15) is 0 Å². The predicted octanol–water partition coefficient (Wildman–Crippen LogP) is 3.73. The number of nitrogen functional groups attached to an aromatic ring is 1. The molecule has 16 heavy (non-hydrogen) atoms. The Labute approximate surface area is 101 Å². The van der Waals surface area contributed by atoms with Crippen LogP contribution in [0.25, 0.3) is 0 Å². The van der Waals surface area contributed by atoms with E-state index in [1.807, 2.05) is 0 Å². The van der Waals surface area contributed by atoms with Crippen LogP contribution in [-0.2, 0) is 5.41 Å². The van der Waals surface area contributed by atoms with Crippen molar-refractivity contribution in [3.63, 3.8) is 0 Å². The van der Waals surface area contributed by atoms with Crippen molar-refractivity contribution in [2.75, 3.05) is 5.73 Å². The number of rotatable bonds is 1. The minimum Gasteiger partial charge on any atom is -0.397 e. The summed E-state index contributed by atoms with van der Waals surface area (Å²) in [6.45, 7) is 4.38. The van der Waals surface area contributed by atoms with Gasteiger partial charge in [-0.2, -0.15) is 5.26 Å². The maximum Gasteiger partial charge on any atom is 0.128 e. The van der Waals surface area contributed by atoms with Crippen molar-refractivity contribution in [2.24, 2.45) is 0 Å². The van der Waals surface area contributed by atoms with Gasteiger partial charge in [-0.15, -0.1) is 11.3 Å². The lowest BCUT2D eigenvalue weighted by Crippen LogP contribution is -2.24. The molecule has 1 aliphatic carbocycles. The summed E-state index contributed by atoms with van der Waals surface area (Å²) in [7, 11) is 0. The standard InChI is InChI=1S/C13H18N2S/c1-9-11(15)10(8-14)16-12(9)13(2)6-4-3-5-7-13/h3-7,15H2,1-2H3. The first kappa shape index (κ1) is 11.5. The molecule has 2 N–H and O–H groups in total. The van der Waals surface area contributed by atoms with E-state index in [-0.39, 0.29) is 5.41 Å². The predicted molar refractivity (Wildman–Crippen MR) is 68.6 cm³/mol. The third-order valence-corrected chi connectivity index (χ3v) is 5.32. The molecule has 1 fully saturated rings. The van der Waals surface area contributed by atoms with E-state index in [0.29, 0.717) is 10.6 Å². The van der Waals surface area contributed by atoms with Crippen LogP contribution in [-0.4, -0.2) is 0 Å². The van der Waals surface area contributed by atoms with Crippen LogP contribution in [0.5, 0.6) is 0 Å². The zero-order valence-corrected chi connectivity index (χ0v) is 10.8. The summed E-state index contributed by atoms with van der Waals surface area (Å²) in [5, 5.41) is 9.02. The largest absolute Gasteiger partial charge is 0.397 e. The van der Waals surface area contributed by atoms with Gasteiger partial charge in [-0.25, -0.2) is 0 Å². The Bertz CT molecular complexity index is 434. The zero-order chi connectivity index (χ0) is 11.8. The molecule has 2 nitrogen and oxygen atoms in total. The molecule has 1 aliphatic rings. The van der Waals surface area contributed by atoms with Crippen LogP contribution in [0.15, 0.2) is 0 Å². The lowest BCUT2D eigenvalue weighted by molar-refractivity contribution is 0.324. The van der Waals surface area contributed by atoms with E-state index >= 15 is 0 Å². The highest BCUT2D eigenvalue weighted by Crippen LogP contribution is 2.45. The lowest BCUT2D eigenvalue weighted by Gasteiger charge is -2.33. The van der Waals surface area contributed by atoms with Gasteiger partial charge < -0.3 is 5.73 Å². The number of hydrogen-bond acceptors (Lipinski definition) is 3. The van der Waals surface area contributed by atoms with E-state index in [2.05, 4.69) is 19.9 Å². The van der Waals surface area contributed by atoms with Crippen molar-refractivity contribution in [3.8, 4) is 6.07 Å². The molecule has 0 aliphatic heterocycles. The third-order valence-electron chi connectivity index (χ3n) is 3.80. The van der Waals surface area contributed by atoms with Crippen molar-refractivity contribution in [3.05, 3.63) is 15.3 Å². The molecule has 2 rings (SSSR count). The molecule has 1 heterocycles. The summed E-state index contributed by atoms with van der Waals surface area (Å²) in [6, 6.07) is 2.21. The first-order valence-corrected chi connectivity index (χ1v) is 6.69. The molecule has 1 aromatic rings. The van der Waals surface area contributed by atoms with Gasteiger partial charge in [-0.05, 0) is 25.3 Å². The number of anilines is 1. The fourth-order valence-electron chi connectivity index (χ4n) is 2.74. The highest BCUT2D eigenvalue weighted by molar-refractivity contribution is 7.13. The van der Waals surface area contributed by atoms with Crippen LogP contribution in [0.2, 0.25) is 0 Å². The summed E-state index contributed by atoms with van der Waals surface area (Å²) in [4.78, 5) is 2.04. The topological polar surface area (TPSA) is 49.8 Å². The molecule has 0 saturated heterocycles. The highest BCUT2D eigenvalue weighted by atomic mass is 32.1. The first-order valence-electron chi connectivity index (χ1n) is 5.88. The lowest BCUT2D eigenvalue weighted by atomic mass is 9.74. The third kappa shape index (κ3) is 1.72. The van der Waals surface area contributed by atoms with Crippen molar-refractivity contribution >= 4 is 17.0 Å². The van der Waals surface area contributed by atoms with Crippen LogP contribution < -0.4 is 5.73 Å². The van der Waals surface area contributed by atoms with Gasteiger partial charge in [0.25, 0.3) is 0 Å². The molecule has 0 unspecified atom stereocenters. The quantitative estimate of drug-likeness (QED) is 0.804. The Balaban J connectivity index is 2.44. The smallest absolute Gasteiger partial charge is 0.128 e. The van der Waals surface area contributed by atoms with Gasteiger partial charge in [0.05, 0.1) is 5.69 Å². The number of nitrogens with zero attached hydrogens (tertiary/aromatic N) is 1. The molecule has 0 atom stereocenters. The number of nitrogens with two attached hydrogens (primary N) is 1. The molecule has 86 valence electrons. The van der Waals surface area contributed by atoms with Gasteiger partial charge in [-0.3, -0.25) is 0 Å². The molecule has 0 aromatic carbocycles. The minimum absolute atomic E-state index is 0.260. The summed E-state index contributed by atoms with van der Waals surface area (Å²) < 4.78 is 0. The van der Waals surface area contributed by atoms with Gasteiger partial charge in [0, 0.05) is 10.3 Å². The van der Waals surface area contributed by atoms with Gasteiger partial charge in [-0.1, -0.05) is 26.2 Å². The molecule has 0 spiro atoms. The van der Waals surface area contributed by atoms with Crippen molar-refractivity contribution in [1.82, 2.24) is 0 Å². The van der Waals surface area contributed by atoms with Gasteiger partial charge in [0.2, 0.25) is 0 Å². The van der Waals surface area contributed by atoms with Crippen LogP contribution >= 0.6 is 11.3 Å². The number of hydrogen-bond donors (Lipinski definition) is 1. The average Bonchev–Trinajstić information content (AvgIpc) is 2.57. The molecule has 0 amide bonds. The molecule has 3 heteroatoms. The number of nitriles is 1. The maximum absolute atomic E-state index is 9.02. The van der Waals surface area contributed by atoms with Crippen LogP contribution in [0.3, 0.4) is 0 Å². The first-order chi connectivity index (χ1) is 7.58.